The molecule has 0 aromatic heterocycles. The highest BCUT2D eigenvalue weighted by Crippen LogP contribution is 2.15. The zero-order valence-corrected chi connectivity index (χ0v) is 10.7. The van der Waals surface area contributed by atoms with Crippen molar-refractivity contribution in [3.63, 3.8) is 0 Å². The minimum atomic E-state index is -0.459. The number of ether oxygens (including phenoxy) is 1. The standard InChI is InChI=1S/C12H14ClNO3/c1-8-4-9(6-10(13)5-8)12(16)14(2)7-11(15)17-3/h4-6H,7H2,1-3H3. The Bertz CT molecular complexity index is 425. The van der Waals surface area contributed by atoms with Crippen LogP contribution < -0.4 is 0 Å². The Morgan fingerprint density at radius 1 is 1.35 bits per heavy atom. The summed E-state index contributed by atoms with van der Waals surface area (Å²) in [4.78, 5) is 24.3. The molecule has 0 spiro atoms. The van der Waals surface area contributed by atoms with Crippen LogP contribution in [0.2, 0.25) is 5.02 Å². The van der Waals surface area contributed by atoms with E-state index >= 15 is 0 Å². The smallest absolute Gasteiger partial charge is 0.325 e. The van der Waals surface area contributed by atoms with Crippen LogP contribution in [0.15, 0.2) is 18.2 Å². The lowest BCUT2D eigenvalue weighted by Crippen LogP contribution is -2.32. The van der Waals surface area contributed by atoms with Crippen LogP contribution in [0.1, 0.15) is 15.9 Å². The third-order valence-corrected chi connectivity index (χ3v) is 2.45. The fourth-order valence-electron chi connectivity index (χ4n) is 1.41. The van der Waals surface area contributed by atoms with Crippen molar-refractivity contribution in [1.29, 1.82) is 0 Å². The van der Waals surface area contributed by atoms with Crippen molar-refractivity contribution in [2.45, 2.75) is 6.92 Å². The third kappa shape index (κ3) is 3.75. The molecule has 1 amide bonds. The number of rotatable bonds is 3. The van der Waals surface area contributed by atoms with Gasteiger partial charge in [0.05, 0.1) is 7.11 Å². The van der Waals surface area contributed by atoms with Crippen LogP contribution in [-0.4, -0.2) is 37.5 Å². The number of likely N-dealkylation sites (N-methyl/N-ethyl adjacent to an activating group) is 1. The number of carbonyl (C=O) groups is 2. The summed E-state index contributed by atoms with van der Waals surface area (Å²) in [5, 5.41) is 0.500. The van der Waals surface area contributed by atoms with E-state index in [1.807, 2.05) is 6.92 Å². The summed E-state index contributed by atoms with van der Waals surface area (Å²) in [5.41, 5.74) is 1.36. The number of hydrogen-bond acceptors (Lipinski definition) is 3. The first-order valence-corrected chi connectivity index (χ1v) is 5.41. The molecule has 92 valence electrons. The zero-order chi connectivity index (χ0) is 13.0. The first-order chi connectivity index (χ1) is 7.93. The van der Waals surface area contributed by atoms with Gasteiger partial charge < -0.3 is 9.64 Å². The lowest BCUT2D eigenvalue weighted by Gasteiger charge is -2.16. The second-order valence-electron chi connectivity index (χ2n) is 3.75. The Balaban J connectivity index is 2.85. The maximum Gasteiger partial charge on any atom is 0.325 e. The molecule has 0 fully saturated rings. The Labute approximate surface area is 105 Å². The Morgan fingerprint density at radius 3 is 2.53 bits per heavy atom. The number of methoxy groups -OCH3 is 1. The van der Waals surface area contributed by atoms with Crippen molar-refractivity contribution in [2.75, 3.05) is 20.7 Å². The normalized spacial score (nSPS) is 9.88. The fraction of sp³-hybridized carbons (Fsp3) is 0.333. The van der Waals surface area contributed by atoms with Crippen LogP contribution in [0.3, 0.4) is 0 Å². The van der Waals surface area contributed by atoms with Crippen LogP contribution in [-0.2, 0) is 9.53 Å². The molecule has 4 nitrogen and oxygen atoms in total. The zero-order valence-electron chi connectivity index (χ0n) is 9.99. The van der Waals surface area contributed by atoms with Gasteiger partial charge in [-0.25, -0.2) is 0 Å². The Morgan fingerprint density at radius 2 is 2.00 bits per heavy atom. The van der Waals surface area contributed by atoms with Crippen LogP contribution in [0.4, 0.5) is 0 Å². The molecule has 0 aliphatic heterocycles. The molecule has 0 saturated carbocycles. The lowest BCUT2D eigenvalue weighted by molar-refractivity contribution is -0.141. The molecule has 1 aromatic carbocycles. The van der Waals surface area contributed by atoms with E-state index in [2.05, 4.69) is 4.74 Å². The Hall–Kier alpha value is -1.55. The summed E-state index contributed by atoms with van der Waals surface area (Å²) in [6.45, 7) is 1.77. The summed E-state index contributed by atoms with van der Waals surface area (Å²) in [7, 11) is 2.82. The molecule has 0 bridgehead atoms. The molecular formula is C12H14ClNO3. The summed E-state index contributed by atoms with van der Waals surface area (Å²) in [5.74, 6) is -0.722. The summed E-state index contributed by atoms with van der Waals surface area (Å²) in [6, 6.07) is 5.06. The van der Waals surface area contributed by atoms with Gasteiger partial charge in [0, 0.05) is 17.6 Å². The van der Waals surface area contributed by atoms with Gasteiger partial charge in [0.1, 0.15) is 6.54 Å². The highest BCUT2D eigenvalue weighted by molar-refractivity contribution is 6.31. The van der Waals surface area contributed by atoms with Gasteiger partial charge in [-0.1, -0.05) is 11.6 Å². The summed E-state index contributed by atoms with van der Waals surface area (Å²) < 4.78 is 4.50. The molecule has 17 heavy (non-hydrogen) atoms. The number of aryl methyl sites for hydroxylation is 1. The molecule has 0 saturated heterocycles. The molecule has 0 aliphatic carbocycles. The second-order valence-corrected chi connectivity index (χ2v) is 4.19. The van der Waals surface area contributed by atoms with Gasteiger partial charge in [-0.2, -0.15) is 0 Å². The van der Waals surface area contributed by atoms with Gasteiger partial charge >= 0.3 is 5.97 Å². The van der Waals surface area contributed by atoms with E-state index in [4.69, 9.17) is 11.6 Å². The van der Waals surface area contributed by atoms with Crippen molar-refractivity contribution in [3.05, 3.63) is 34.3 Å². The average Bonchev–Trinajstić information content (AvgIpc) is 2.26. The van der Waals surface area contributed by atoms with Crippen LogP contribution >= 0.6 is 11.6 Å². The molecule has 0 aliphatic rings. The monoisotopic (exact) mass is 255 g/mol. The molecule has 1 rings (SSSR count). The van der Waals surface area contributed by atoms with Gasteiger partial charge in [-0.15, -0.1) is 0 Å². The lowest BCUT2D eigenvalue weighted by atomic mass is 10.1. The van der Waals surface area contributed by atoms with Crippen LogP contribution in [0, 0.1) is 6.92 Å². The van der Waals surface area contributed by atoms with Gasteiger partial charge in [0.15, 0.2) is 0 Å². The third-order valence-electron chi connectivity index (χ3n) is 2.23. The van der Waals surface area contributed by atoms with E-state index in [9.17, 15) is 9.59 Å². The average molecular weight is 256 g/mol. The molecule has 1 aromatic rings. The molecule has 0 atom stereocenters. The first-order valence-electron chi connectivity index (χ1n) is 5.03. The van der Waals surface area contributed by atoms with Gasteiger partial charge in [0.25, 0.3) is 5.91 Å². The van der Waals surface area contributed by atoms with E-state index in [1.165, 1.54) is 19.1 Å². The molecule has 0 radical (unpaired) electrons. The summed E-state index contributed by atoms with van der Waals surface area (Å²) >= 11 is 5.87. The van der Waals surface area contributed by atoms with Crippen molar-refractivity contribution in [3.8, 4) is 0 Å². The molecular weight excluding hydrogens is 242 g/mol. The topological polar surface area (TPSA) is 46.6 Å². The maximum atomic E-state index is 12.0. The highest BCUT2D eigenvalue weighted by atomic mass is 35.5. The fourth-order valence-corrected chi connectivity index (χ4v) is 1.70. The van der Waals surface area contributed by atoms with E-state index in [0.29, 0.717) is 10.6 Å². The number of hydrogen-bond donors (Lipinski definition) is 0. The van der Waals surface area contributed by atoms with Crippen molar-refractivity contribution in [2.24, 2.45) is 0 Å². The minimum absolute atomic E-state index is 0.0824. The van der Waals surface area contributed by atoms with Crippen LogP contribution in [0.25, 0.3) is 0 Å². The highest BCUT2D eigenvalue weighted by Gasteiger charge is 2.15. The van der Waals surface area contributed by atoms with Crippen molar-refractivity contribution < 1.29 is 14.3 Å². The van der Waals surface area contributed by atoms with Crippen molar-refractivity contribution >= 4 is 23.5 Å². The molecule has 5 heteroatoms. The van der Waals surface area contributed by atoms with Crippen LogP contribution in [0.5, 0.6) is 0 Å². The number of carbonyl (C=O) groups excluding carboxylic acids is 2. The number of nitrogens with zero attached hydrogens (tertiary/aromatic N) is 1. The van der Waals surface area contributed by atoms with E-state index in [-0.39, 0.29) is 12.5 Å². The van der Waals surface area contributed by atoms with E-state index < -0.39 is 5.97 Å². The predicted molar refractivity (Wildman–Crippen MR) is 65.2 cm³/mol. The van der Waals surface area contributed by atoms with Gasteiger partial charge in [-0.05, 0) is 30.7 Å². The molecule has 0 N–H and O–H groups in total. The SMILES string of the molecule is COC(=O)CN(C)C(=O)c1cc(C)cc(Cl)c1. The number of amides is 1. The van der Waals surface area contributed by atoms with E-state index in [0.717, 1.165) is 5.56 Å². The maximum absolute atomic E-state index is 12.0. The number of esters is 1. The van der Waals surface area contributed by atoms with Gasteiger partial charge in [-0.3, -0.25) is 9.59 Å². The first kappa shape index (κ1) is 13.5. The predicted octanol–water partition coefficient (Wildman–Crippen LogP) is 1.89. The Kier molecular flexibility index (Phi) is 4.52. The van der Waals surface area contributed by atoms with Gasteiger partial charge in [0.2, 0.25) is 0 Å². The van der Waals surface area contributed by atoms with Crippen molar-refractivity contribution in [1.82, 2.24) is 4.90 Å². The molecule has 0 heterocycles. The molecule has 0 unspecified atom stereocenters. The summed E-state index contributed by atoms with van der Waals surface area (Å²) in [6.07, 6.45) is 0. The van der Waals surface area contributed by atoms with E-state index in [1.54, 1.807) is 18.2 Å². The second kappa shape index (κ2) is 5.68. The number of halogens is 1. The number of benzene rings is 1. The quantitative estimate of drug-likeness (QED) is 0.775. The minimum Gasteiger partial charge on any atom is -0.468 e. The largest absolute Gasteiger partial charge is 0.468 e.